The van der Waals surface area contributed by atoms with E-state index in [4.69, 9.17) is 9.47 Å². The SMILES string of the molecule is CCCCCNC(=O)[C@@H](NC(=O)c1cc(OC)cc(OC)c1)C(C)C. The van der Waals surface area contributed by atoms with Crippen molar-refractivity contribution in [3.05, 3.63) is 23.8 Å². The molecule has 0 heterocycles. The Labute approximate surface area is 150 Å². The largest absolute Gasteiger partial charge is 0.497 e. The van der Waals surface area contributed by atoms with E-state index in [1.165, 1.54) is 14.2 Å². The van der Waals surface area contributed by atoms with Crippen molar-refractivity contribution in [3.8, 4) is 11.5 Å². The van der Waals surface area contributed by atoms with Gasteiger partial charge in [-0.2, -0.15) is 0 Å². The van der Waals surface area contributed by atoms with Crippen molar-refractivity contribution in [3.63, 3.8) is 0 Å². The molecular weight excluding hydrogens is 320 g/mol. The first kappa shape index (κ1) is 20.8. The van der Waals surface area contributed by atoms with Crippen LogP contribution in [0.15, 0.2) is 18.2 Å². The predicted octanol–water partition coefficient (Wildman–Crippen LogP) is 2.76. The van der Waals surface area contributed by atoms with E-state index in [-0.39, 0.29) is 17.7 Å². The monoisotopic (exact) mass is 350 g/mol. The second-order valence-electron chi connectivity index (χ2n) is 6.29. The Bertz CT molecular complexity index is 550. The highest BCUT2D eigenvalue weighted by Crippen LogP contribution is 2.22. The molecule has 1 atom stereocenters. The molecule has 0 spiro atoms. The predicted molar refractivity (Wildman–Crippen MR) is 98.2 cm³/mol. The van der Waals surface area contributed by atoms with E-state index >= 15 is 0 Å². The lowest BCUT2D eigenvalue weighted by atomic mass is 10.0. The fourth-order valence-electron chi connectivity index (χ4n) is 2.39. The van der Waals surface area contributed by atoms with E-state index in [2.05, 4.69) is 17.6 Å². The zero-order valence-corrected chi connectivity index (χ0v) is 15.8. The summed E-state index contributed by atoms with van der Waals surface area (Å²) in [5.41, 5.74) is 0.389. The maximum atomic E-state index is 12.6. The average Bonchev–Trinajstić information content (AvgIpc) is 2.61. The summed E-state index contributed by atoms with van der Waals surface area (Å²) in [5.74, 6) is 0.528. The molecule has 0 aliphatic heterocycles. The van der Waals surface area contributed by atoms with E-state index in [1.54, 1.807) is 18.2 Å². The Hall–Kier alpha value is -2.24. The van der Waals surface area contributed by atoms with Gasteiger partial charge in [-0.25, -0.2) is 0 Å². The standard InChI is InChI=1S/C19H30N2O4/c1-6-7-8-9-20-19(23)17(13(2)3)21-18(22)14-10-15(24-4)12-16(11-14)25-5/h10-13,17H,6-9H2,1-5H3,(H,20,23)(H,21,22)/t17-/m0/s1. The molecule has 140 valence electrons. The summed E-state index contributed by atoms with van der Waals surface area (Å²) in [6, 6.07) is 4.34. The van der Waals surface area contributed by atoms with Crippen LogP contribution in [0.25, 0.3) is 0 Å². The van der Waals surface area contributed by atoms with Gasteiger partial charge in [-0.15, -0.1) is 0 Å². The van der Waals surface area contributed by atoms with E-state index in [1.807, 2.05) is 13.8 Å². The van der Waals surface area contributed by atoms with Gasteiger partial charge in [0.25, 0.3) is 5.91 Å². The molecule has 1 aromatic rings. The van der Waals surface area contributed by atoms with Crippen molar-refractivity contribution in [2.45, 2.75) is 46.1 Å². The number of hydrogen-bond acceptors (Lipinski definition) is 4. The lowest BCUT2D eigenvalue weighted by molar-refractivity contribution is -0.123. The number of amides is 2. The van der Waals surface area contributed by atoms with Crippen LogP contribution < -0.4 is 20.1 Å². The number of carbonyl (C=O) groups is 2. The van der Waals surface area contributed by atoms with Crippen molar-refractivity contribution >= 4 is 11.8 Å². The lowest BCUT2D eigenvalue weighted by Crippen LogP contribution is -2.49. The van der Waals surface area contributed by atoms with Gasteiger partial charge in [0.15, 0.2) is 0 Å². The molecule has 25 heavy (non-hydrogen) atoms. The fraction of sp³-hybridized carbons (Fsp3) is 0.579. The highest BCUT2D eigenvalue weighted by Gasteiger charge is 2.24. The van der Waals surface area contributed by atoms with Gasteiger partial charge in [0.2, 0.25) is 5.91 Å². The van der Waals surface area contributed by atoms with Gasteiger partial charge in [-0.3, -0.25) is 9.59 Å². The Morgan fingerprint density at radius 1 is 1.04 bits per heavy atom. The quantitative estimate of drug-likeness (QED) is 0.636. The fourth-order valence-corrected chi connectivity index (χ4v) is 2.39. The van der Waals surface area contributed by atoms with Crippen LogP contribution in [0, 0.1) is 5.92 Å². The molecule has 0 bridgehead atoms. The van der Waals surface area contributed by atoms with Crippen molar-refractivity contribution in [2.75, 3.05) is 20.8 Å². The van der Waals surface area contributed by atoms with Crippen LogP contribution in [0.4, 0.5) is 0 Å². The molecular formula is C19H30N2O4. The first-order chi connectivity index (χ1) is 11.9. The minimum atomic E-state index is -0.591. The molecule has 0 saturated heterocycles. The minimum absolute atomic E-state index is 0.0253. The Morgan fingerprint density at radius 2 is 1.64 bits per heavy atom. The summed E-state index contributed by atoms with van der Waals surface area (Å²) in [6.45, 7) is 6.55. The highest BCUT2D eigenvalue weighted by molar-refractivity contribution is 5.98. The molecule has 0 aromatic heterocycles. The highest BCUT2D eigenvalue weighted by atomic mass is 16.5. The van der Waals surface area contributed by atoms with Crippen LogP contribution in [-0.4, -0.2) is 38.6 Å². The summed E-state index contributed by atoms with van der Waals surface area (Å²) < 4.78 is 10.4. The van der Waals surface area contributed by atoms with Gasteiger partial charge in [0.05, 0.1) is 14.2 Å². The summed E-state index contributed by atoms with van der Waals surface area (Å²) in [5, 5.41) is 5.71. The third-order valence-electron chi connectivity index (χ3n) is 3.93. The van der Waals surface area contributed by atoms with Crippen LogP contribution in [0.3, 0.4) is 0 Å². The molecule has 1 rings (SSSR count). The molecule has 0 fully saturated rings. The molecule has 6 nitrogen and oxygen atoms in total. The lowest BCUT2D eigenvalue weighted by Gasteiger charge is -2.22. The van der Waals surface area contributed by atoms with Crippen molar-refractivity contribution in [1.29, 1.82) is 0 Å². The normalized spacial score (nSPS) is 11.8. The number of hydrogen-bond donors (Lipinski definition) is 2. The minimum Gasteiger partial charge on any atom is -0.497 e. The second-order valence-corrected chi connectivity index (χ2v) is 6.29. The van der Waals surface area contributed by atoms with Crippen LogP contribution in [-0.2, 0) is 4.79 Å². The zero-order chi connectivity index (χ0) is 18.8. The zero-order valence-electron chi connectivity index (χ0n) is 15.8. The summed E-state index contributed by atoms with van der Waals surface area (Å²) >= 11 is 0. The third kappa shape index (κ3) is 6.64. The molecule has 0 aliphatic carbocycles. The molecule has 2 amide bonds. The van der Waals surface area contributed by atoms with E-state index < -0.39 is 6.04 Å². The van der Waals surface area contributed by atoms with Crippen LogP contribution in [0.1, 0.15) is 50.4 Å². The Balaban J connectivity index is 2.80. The number of methoxy groups -OCH3 is 2. The molecule has 6 heteroatoms. The Kier molecular flexibility index (Phi) is 8.81. The number of ether oxygens (including phenoxy) is 2. The Morgan fingerprint density at radius 3 is 2.12 bits per heavy atom. The average molecular weight is 350 g/mol. The first-order valence-electron chi connectivity index (χ1n) is 8.74. The van der Waals surface area contributed by atoms with Gasteiger partial charge in [0.1, 0.15) is 17.5 Å². The molecule has 0 aliphatic rings. The molecule has 0 radical (unpaired) electrons. The molecule has 0 saturated carbocycles. The van der Waals surface area contributed by atoms with Crippen LogP contribution in [0.5, 0.6) is 11.5 Å². The molecule has 0 unspecified atom stereocenters. The first-order valence-corrected chi connectivity index (χ1v) is 8.74. The number of rotatable bonds is 10. The van der Waals surface area contributed by atoms with Gasteiger partial charge in [-0.1, -0.05) is 33.6 Å². The maximum Gasteiger partial charge on any atom is 0.252 e. The number of nitrogens with one attached hydrogen (secondary N) is 2. The smallest absolute Gasteiger partial charge is 0.252 e. The number of benzene rings is 1. The second kappa shape index (κ2) is 10.6. The number of carbonyl (C=O) groups excluding carboxylic acids is 2. The topological polar surface area (TPSA) is 76.7 Å². The van der Waals surface area contributed by atoms with Crippen LogP contribution in [0.2, 0.25) is 0 Å². The van der Waals surface area contributed by atoms with Crippen molar-refractivity contribution in [2.24, 2.45) is 5.92 Å². The maximum absolute atomic E-state index is 12.6. The van der Waals surface area contributed by atoms with E-state index in [9.17, 15) is 9.59 Å². The molecule has 2 N–H and O–H groups in total. The van der Waals surface area contributed by atoms with E-state index in [0.29, 0.717) is 23.6 Å². The van der Waals surface area contributed by atoms with Gasteiger partial charge < -0.3 is 20.1 Å². The van der Waals surface area contributed by atoms with Gasteiger partial charge in [0, 0.05) is 18.2 Å². The molecule has 1 aromatic carbocycles. The van der Waals surface area contributed by atoms with Gasteiger partial charge >= 0.3 is 0 Å². The summed E-state index contributed by atoms with van der Waals surface area (Å²) in [7, 11) is 3.05. The summed E-state index contributed by atoms with van der Waals surface area (Å²) in [4.78, 5) is 25.0. The van der Waals surface area contributed by atoms with Crippen molar-refractivity contribution < 1.29 is 19.1 Å². The van der Waals surface area contributed by atoms with Crippen molar-refractivity contribution in [1.82, 2.24) is 10.6 Å². The van der Waals surface area contributed by atoms with E-state index in [0.717, 1.165) is 19.3 Å². The third-order valence-corrected chi connectivity index (χ3v) is 3.93. The number of unbranched alkanes of at least 4 members (excludes halogenated alkanes) is 2. The van der Waals surface area contributed by atoms with Crippen LogP contribution >= 0.6 is 0 Å². The summed E-state index contributed by atoms with van der Waals surface area (Å²) in [6.07, 6.45) is 3.11. The van der Waals surface area contributed by atoms with Gasteiger partial charge in [-0.05, 0) is 24.5 Å².